The number of nitrogens with zero attached hydrogens (tertiary/aromatic N) is 3. The van der Waals surface area contributed by atoms with Crippen LogP contribution in [0.25, 0.3) is 21.3 Å². The van der Waals surface area contributed by atoms with Gasteiger partial charge in [-0.25, -0.2) is 4.98 Å². The Morgan fingerprint density at radius 2 is 2.04 bits per heavy atom. The lowest BCUT2D eigenvalue weighted by Gasteiger charge is -2.26. The second-order valence-electron chi connectivity index (χ2n) is 6.74. The van der Waals surface area contributed by atoms with E-state index in [1.165, 1.54) is 43.7 Å². The number of hydrogen-bond donors (Lipinski definition) is 2. The van der Waals surface area contributed by atoms with E-state index >= 15 is 0 Å². The largest absolute Gasteiger partial charge is 0.385 e. The third-order valence-electron chi connectivity index (χ3n) is 4.82. The van der Waals surface area contributed by atoms with E-state index in [-0.39, 0.29) is 5.91 Å². The van der Waals surface area contributed by atoms with E-state index in [0.29, 0.717) is 6.04 Å². The highest BCUT2D eigenvalue weighted by atomic mass is 32.1. The molecule has 1 amide bonds. The van der Waals surface area contributed by atoms with Crippen molar-refractivity contribution >= 4 is 38.5 Å². The van der Waals surface area contributed by atoms with Crippen LogP contribution in [0.15, 0.2) is 17.6 Å². The minimum Gasteiger partial charge on any atom is -0.385 e. The molecule has 4 rings (SSSR count). The number of aliphatic hydroxyl groups is 1. The second-order valence-corrected chi connectivity index (χ2v) is 7.66. The van der Waals surface area contributed by atoms with Gasteiger partial charge in [-0.05, 0) is 31.2 Å². The van der Waals surface area contributed by atoms with E-state index in [1.807, 2.05) is 6.20 Å². The number of carbonyl (C=O) groups is 1. The lowest BCUT2D eigenvalue weighted by molar-refractivity contribution is -0.118. The summed E-state index contributed by atoms with van der Waals surface area (Å²) in [5.74, 6) is 0.796. The molecular weight excluding hydrogens is 348 g/mol. The Balaban J connectivity index is 0.000000349. The van der Waals surface area contributed by atoms with E-state index in [2.05, 4.69) is 31.3 Å². The number of pyridine rings is 1. The van der Waals surface area contributed by atoms with Gasteiger partial charge in [0.25, 0.3) is 0 Å². The van der Waals surface area contributed by atoms with Gasteiger partial charge in [0.1, 0.15) is 17.4 Å². The molecule has 7 heteroatoms. The standard InChI is InChI=1S/C16H19N3OS.C3H7NO/c1-10(20)16-18-13-9-17-12-7-8-21-15(12)14(13)19(16)11-5-3-2-4-6-11;1-3(5)4-2/h7-11,20H,2-6H2,1H3;1-2H3,(H,4,5). The molecule has 140 valence electrons. The summed E-state index contributed by atoms with van der Waals surface area (Å²) in [6.07, 6.45) is 7.51. The third kappa shape index (κ3) is 3.73. The van der Waals surface area contributed by atoms with Crippen molar-refractivity contribution in [2.75, 3.05) is 7.05 Å². The molecule has 0 bridgehead atoms. The second kappa shape index (κ2) is 8.14. The van der Waals surface area contributed by atoms with E-state index in [9.17, 15) is 9.90 Å². The molecule has 1 atom stereocenters. The van der Waals surface area contributed by atoms with Crippen molar-refractivity contribution in [1.82, 2.24) is 19.9 Å². The minimum absolute atomic E-state index is 0.00463. The van der Waals surface area contributed by atoms with Crippen LogP contribution < -0.4 is 5.32 Å². The summed E-state index contributed by atoms with van der Waals surface area (Å²) in [6.45, 7) is 3.28. The quantitative estimate of drug-likeness (QED) is 0.711. The maximum absolute atomic E-state index is 10.2. The van der Waals surface area contributed by atoms with E-state index in [0.717, 1.165) is 22.4 Å². The zero-order chi connectivity index (χ0) is 18.7. The van der Waals surface area contributed by atoms with Gasteiger partial charge in [0.2, 0.25) is 5.91 Å². The predicted octanol–water partition coefficient (Wildman–Crippen LogP) is 3.96. The molecule has 1 aliphatic rings. The van der Waals surface area contributed by atoms with Crippen LogP contribution in [0.3, 0.4) is 0 Å². The molecule has 2 N–H and O–H groups in total. The van der Waals surface area contributed by atoms with Crippen molar-refractivity contribution in [3.05, 3.63) is 23.5 Å². The molecule has 0 radical (unpaired) electrons. The number of carbonyl (C=O) groups excluding carboxylic acids is 1. The number of amides is 1. The van der Waals surface area contributed by atoms with Gasteiger partial charge in [0.05, 0.1) is 21.9 Å². The zero-order valence-electron chi connectivity index (χ0n) is 15.5. The Kier molecular flexibility index (Phi) is 5.88. The molecule has 1 aliphatic carbocycles. The maximum atomic E-state index is 10.2. The monoisotopic (exact) mass is 374 g/mol. The Labute approximate surface area is 157 Å². The molecule has 0 aromatic carbocycles. The Bertz CT molecular complexity index is 894. The van der Waals surface area contributed by atoms with Crippen LogP contribution in [0.5, 0.6) is 0 Å². The number of rotatable bonds is 2. The molecular formula is C19H26N4O2S. The molecule has 3 heterocycles. The Hall–Kier alpha value is -1.99. The molecule has 1 unspecified atom stereocenters. The van der Waals surface area contributed by atoms with Crippen molar-refractivity contribution in [1.29, 1.82) is 0 Å². The molecule has 0 aliphatic heterocycles. The van der Waals surface area contributed by atoms with Gasteiger partial charge in [-0.1, -0.05) is 19.3 Å². The van der Waals surface area contributed by atoms with Crippen molar-refractivity contribution in [3.8, 4) is 0 Å². The molecule has 3 aromatic heterocycles. The van der Waals surface area contributed by atoms with Crippen LogP contribution in [0.2, 0.25) is 0 Å². The summed E-state index contributed by atoms with van der Waals surface area (Å²) in [6, 6.07) is 2.51. The molecule has 0 saturated heterocycles. The first-order valence-electron chi connectivity index (χ1n) is 9.13. The van der Waals surface area contributed by atoms with Crippen molar-refractivity contribution in [2.24, 2.45) is 0 Å². The molecule has 1 saturated carbocycles. The maximum Gasteiger partial charge on any atom is 0.216 e. The van der Waals surface area contributed by atoms with Crippen LogP contribution in [-0.2, 0) is 4.79 Å². The summed E-state index contributed by atoms with van der Waals surface area (Å²) in [4.78, 5) is 18.9. The minimum atomic E-state index is -0.547. The van der Waals surface area contributed by atoms with Gasteiger partial charge in [-0.3, -0.25) is 9.78 Å². The lowest BCUT2D eigenvalue weighted by Crippen LogP contribution is -2.16. The zero-order valence-corrected chi connectivity index (χ0v) is 16.3. The van der Waals surface area contributed by atoms with Gasteiger partial charge in [-0.15, -0.1) is 11.3 Å². The number of thiophene rings is 1. The average molecular weight is 375 g/mol. The summed E-state index contributed by atoms with van der Waals surface area (Å²) in [5.41, 5.74) is 3.10. The van der Waals surface area contributed by atoms with Crippen LogP contribution in [0, 0.1) is 0 Å². The molecule has 26 heavy (non-hydrogen) atoms. The van der Waals surface area contributed by atoms with Gasteiger partial charge in [-0.2, -0.15) is 0 Å². The number of hydrogen-bond acceptors (Lipinski definition) is 5. The number of aliphatic hydroxyl groups excluding tert-OH is 1. The lowest BCUT2D eigenvalue weighted by atomic mass is 9.95. The summed E-state index contributed by atoms with van der Waals surface area (Å²) < 4.78 is 3.50. The first kappa shape index (κ1) is 18.8. The fourth-order valence-corrected chi connectivity index (χ4v) is 4.39. The van der Waals surface area contributed by atoms with Gasteiger partial charge in [0.15, 0.2) is 0 Å². The fraction of sp³-hybridized carbons (Fsp3) is 0.526. The van der Waals surface area contributed by atoms with Crippen LogP contribution in [0.1, 0.15) is 63.9 Å². The van der Waals surface area contributed by atoms with Crippen LogP contribution >= 0.6 is 11.3 Å². The Morgan fingerprint density at radius 1 is 1.35 bits per heavy atom. The molecule has 3 aromatic rings. The number of aromatic nitrogens is 3. The average Bonchev–Trinajstić information content (AvgIpc) is 3.26. The molecule has 0 spiro atoms. The smallest absolute Gasteiger partial charge is 0.216 e. The van der Waals surface area contributed by atoms with Crippen molar-refractivity contribution in [3.63, 3.8) is 0 Å². The summed E-state index contributed by atoms with van der Waals surface area (Å²) in [5, 5.41) is 14.6. The van der Waals surface area contributed by atoms with Gasteiger partial charge >= 0.3 is 0 Å². The van der Waals surface area contributed by atoms with Gasteiger partial charge < -0.3 is 15.0 Å². The summed E-state index contributed by atoms with van der Waals surface area (Å²) in [7, 11) is 1.60. The highest BCUT2D eigenvalue weighted by Crippen LogP contribution is 2.37. The normalized spacial score (nSPS) is 16.3. The fourth-order valence-electron chi connectivity index (χ4n) is 3.50. The van der Waals surface area contributed by atoms with E-state index in [1.54, 1.807) is 25.3 Å². The van der Waals surface area contributed by atoms with E-state index in [4.69, 9.17) is 0 Å². The SMILES string of the molecule is CC(O)c1nc2cnc3ccsc3c2n1C1CCCCC1.CNC(C)=O. The van der Waals surface area contributed by atoms with Gasteiger partial charge in [0, 0.05) is 20.0 Å². The van der Waals surface area contributed by atoms with Crippen LogP contribution in [-0.4, -0.2) is 32.6 Å². The first-order chi connectivity index (χ1) is 12.5. The van der Waals surface area contributed by atoms with Crippen molar-refractivity contribution < 1.29 is 9.90 Å². The van der Waals surface area contributed by atoms with Crippen molar-refractivity contribution in [2.45, 2.75) is 58.1 Å². The third-order valence-corrected chi connectivity index (χ3v) is 5.73. The molecule has 6 nitrogen and oxygen atoms in total. The summed E-state index contributed by atoms with van der Waals surface area (Å²) >= 11 is 1.72. The molecule has 1 fully saturated rings. The Morgan fingerprint density at radius 3 is 2.65 bits per heavy atom. The topological polar surface area (TPSA) is 80.0 Å². The highest BCUT2D eigenvalue weighted by molar-refractivity contribution is 7.18. The number of nitrogens with one attached hydrogen (secondary N) is 1. The number of fused-ring (bicyclic) bond motifs is 3. The highest BCUT2D eigenvalue weighted by Gasteiger charge is 2.25. The van der Waals surface area contributed by atoms with Crippen LogP contribution in [0.4, 0.5) is 0 Å². The predicted molar refractivity (Wildman–Crippen MR) is 105 cm³/mol. The number of imidazole rings is 1. The van der Waals surface area contributed by atoms with E-state index < -0.39 is 6.10 Å². The first-order valence-corrected chi connectivity index (χ1v) is 10.0.